The van der Waals surface area contributed by atoms with Gasteiger partial charge in [0, 0.05) is 23.5 Å². The normalized spacial score (nSPS) is 17.8. The highest BCUT2D eigenvalue weighted by molar-refractivity contribution is 8.00. The van der Waals surface area contributed by atoms with Crippen molar-refractivity contribution in [3.05, 3.63) is 125 Å². The molecular weight excluding hydrogens is 639 g/mol. The molecule has 0 radical (unpaired) electrons. The Balaban J connectivity index is 1.30. The van der Waals surface area contributed by atoms with Crippen molar-refractivity contribution in [3.63, 3.8) is 0 Å². The first kappa shape index (κ1) is 31.6. The molecule has 3 N–H and O–H groups in total. The molecule has 4 heterocycles. The molecule has 1 saturated heterocycles. The maximum atomic E-state index is 14.2. The number of nitrogen functional groups attached to an aromatic ring is 1. The van der Waals surface area contributed by atoms with E-state index in [0.717, 1.165) is 22.7 Å². The number of nitrogens with two attached hydrogens (primary N) is 1. The summed E-state index contributed by atoms with van der Waals surface area (Å²) < 4.78 is 10.3. The van der Waals surface area contributed by atoms with E-state index in [1.807, 2.05) is 78.9 Å². The topological polar surface area (TPSA) is 162 Å². The van der Waals surface area contributed by atoms with E-state index >= 15 is 0 Å². The summed E-state index contributed by atoms with van der Waals surface area (Å²) in [6.45, 7) is 1.91. The number of rotatable bonds is 11. The maximum Gasteiger partial charge on any atom is 0.356 e. The Morgan fingerprint density at radius 2 is 1.77 bits per heavy atom. The van der Waals surface area contributed by atoms with Crippen LogP contribution in [0.1, 0.15) is 35.7 Å². The minimum atomic E-state index is -0.960. The van der Waals surface area contributed by atoms with Gasteiger partial charge in [0.15, 0.2) is 11.2 Å². The van der Waals surface area contributed by atoms with Crippen LogP contribution in [0.25, 0.3) is 6.08 Å². The lowest BCUT2D eigenvalue weighted by Crippen LogP contribution is -2.71. The zero-order chi connectivity index (χ0) is 32.8. The van der Waals surface area contributed by atoms with Crippen molar-refractivity contribution in [2.24, 2.45) is 5.16 Å². The van der Waals surface area contributed by atoms with Gasteiger partial charge < -0.3 is 20.6 Å². The number of carbonyl (C=O) groups excluding carboxylic acids is 3. The second-order valence-corrected chi connectivity index (χ2v) is 12.1. The molecule has 2 aliphatic heterocycles. The van der Waals surface area contributed by atoms with Crippen molar-refractivity contribution in [2.75, 3.05) is 18.1 Å². The predicted octanol–water partition coefficient (Wildman–Crippen LogP) is 3.96. The fourth-order valence-corrected chi connectivity index (χ4v) is 6.77. The van der Waals surface area contributed by atoms with Crippen LogP contribution in [0.15, 0.2) is 108 Å². The molecule has 6 rings (SSSR count). The molecule has 12 nitrogen and oxygen atoms in total. The second kappa shape index (κ2) is 14.4. The van der Waals surface area contributed by atoms with Gasteiger partial charge in [-0.3, -0.25) is 19.5 Å². The highest BCUT2D eigenvalue weighted by Crippen LogP contribution is 2.42. The van der Waals surface area contributed by atoms with Gasteiger partial charge in [0.05, 0.1) is 5.69 Å². The molecule has 2 aliphatic rings. The molecule has 2 amide bonds. The molecule has 0 spiro atoms. The molecule has 1 fully saturated rings. The lowest BCUT2D eigenvalue weighted by molar-refractivity contribution is -0.154. The molecular formula is C33H29N7O5S2. The van der Waals surface area contributed by atoms with Gasteiger partial charge in [-0.05, 0) is 41.8 Å². The number of allylic oxidation sites excluding steroid dienone is 1. The Labute approximate surface area is 278 Å². The summed E-state index contributed by atoms with van der Waals surface area (Å²) in [5, 5.41) is 6.15. The van der Waals surface area contributed by atoms with Crippen molar-refractivity contribution in [1.82, 2.24) is 24.6 Å². The fraction of sp³-hybridized carbons (Fsp3) is 0.182. The van der Waals surface area contributed by atoms with E-state index in [1.165, 1.54) is 16.7 Å². The first-order valence-corrected chi connectivity index (χ1v) is 16.4. The number of hydrogen-bond acceptors (Lipinski definition) is 12. The highest BCUT2D eigenvalue weighted by atomic mass is 32.2. The molecule has 1 unspecified atom stereocenters. The third kappa shape index (κ3) is 6.93. The van der Waals surface area contributed by atoms with Gasteiger partial charge in [-0.1, -0.05) is 78.0 Å². The van der Waals surface area contributed by atoms with Gasteiger partial charge in [0.2, 0.25) is 11.5 Å². The van der Waals surface area contributed by atoms with Crippen LogP contribution in [0.2, 0.25) is 0 Å². The van der Waals surface area contributed by atoms with Gasteiger partial charge in [-0.2, -0.15) is 9.36 Å². The lowest BCUT2D eigenvalue weighted by Gasteiger charge is -2.49. The number of benzene rings is 2. The van der Waals surface area contributed by atoms with Gasteiger partial charge in [-0.25, -0.2) is 4.79 Å². The Morgan fingerprint density at radius 3 is 2.38 bits per heavy atom. The Hall–Kier alpha value is -5.34. The average Bonchev–Trinajstić information content (AvgIpc) is 3.54. The third-order valence-electron chi connectivity index (χ3n) is 7.20. The molecule has 0 aliphatic carbocycles. The smallest absolute Gasteiger partial charge is 0.356 e. The minimum absolute atomic E-state index is 0.0163. The van der Waals surface area contributed by atoms with Crippen LogP contribution in [0.4, 0.5) is 5.13 Å². The summed E-state index contributed by atoms with van der Waals surface area (Å²) in [4.78, 5) is 56.1. The van der Waals surface area contributed by atoms with Gasteiger partial charge in [0.1, 0.15) is 23.7 Å². The summed E-state index contributed by atoms with van der Waals surface area (Å²) >= 11 is 2.31. The van der Waals surface area contributed by atoms with Crippen LogP contribution < -0.4 is 11.1 Å². The number of thioether (sulfide) groups is 1. The zero-order valence-electron chi connectivity index (χ0n) is 25.1. The van der Waals surface area contributed by atoms with Crippen LogP contribution in [-0.2, 0) is 24.0 Å². The molecule has 238 valence electrons. The standard InChI is InChI=1S/C33H29N7O5S2/c1-2-44-38-24(28-37-33(34)47-39-28)29(41)36-25-30(42)40-26(22(19-46-31(25)40)16-17-23-15-9-10-18-35-23)32(43)45-27(20-11-5-3-6-12-20)21-13-7-4-8-14-21/h3-18,25,27,31H,2,19H2,1H3,(H,36,41)(H2,34,37,39)/b17-16+,38-24-/t25?,31-/m1/s1. The number of nitrogens with one attached hydrogen (secondary N) is 1. The summed E-state index contributed by atoms with van der Waals surface area (Å²) in [7, 11) is 0. The Kier molecular flexibility index (Phi) is 9.69. The molecule has 14 heteroatoms. The maximum absolute atomic E-state index is 14.2. The SMILES string of the molecule is CCO/N=C(\C(=O)NC1C(=O)N2C(C(=O)OC(c3ccccc3)c3ccccc3)=C(/C=C/c3ccccn3)CS[C@H]12)c1nsc(N)n1. The van der Waals surface area contributed by atoms with Crippen molar-refractivity contribution >= 4 is 58.0 Å². The summed E-state index contributed by atoms with van der Waals surface area (Å²) in [5.74, 6) is -1.52. The van der Waals surface area contributed by atoms with Crippen molar-refractivity contribution in [3.8, 4) is 0 Å². The van der Waals surface area contributed by atoms with Gasteiger partial charge >= 0.3 is 5.97 Å². The third-order valence-corrected chi connectivity index (χ3v) is 9.05. The lowest BCUT2D eigenvalue weighted by atomic mass is 10.00. The molecule has 2 atom stereocenters. The second-order valence-electron chi connectivity index (χ2n) is 10.2. The van der Waals surface area contributed by atoms with Crippen LogP contribution in [0.3, 0.4) is 0 Å². The number of nitrogens with zero attached hydrogens (tertiary/aromatic N) is 5. The number of anilines is 1. The van der Waals surface area contributed by atoms with Crippen LogP contribution in [-0.4, -0.2) is 66.5 Å². The molecule has 0 saturated carbocycles. The number of esters is 1. The number of amides is 2. The van der Waals surface area contributed by atoms with Crippen LogP contribution in [0.5, 0.6) is 0 Å². The van der Waals surface area contributed by atoms with E-state index in [9.17, 15) is 14.4 Å². The van der Waals surface area contributed by atoms with E-state index in [4.69, 9.17) is 15.3 Å². The number of fused-ring (bicyclic) bond motifs is 1. The summed E-state index contributed by atoms with van der Waals surface area (Å²) in [6.07, 6.45) is 4.49. The molecule has 0 bridgehead atoms. The Morgan fingerprint density at radius 1 is 1.06 bits per heavy atom. The monoisotopic (exact) mass is 667 g/mol. The van der Waals surface area contributed by atoms with E-state index < -0.39 is 35.3 Å². The number of hydrogen-bond donors (Lipinski definition) is 2. The van der Waals surface area contributed by atoms with Crippen LogP contribution >= 0.6 is 23.3 Å². The van der Waals surface area contributed by atoms with E-state index in [-0.39, 0.29) is 29.0 Å². The summed E-state index contributed by atoms with van der Waals surface area (Å²) in [6, 6.07) is 23.3. The number of ether oxygens (including phenoxy) is 1. The zero-order valence-corrected chi connectivity index (χ0v) is 26.7. The van der Waals surface area contributed by atoms with Crippen LogP contribution in [0, 0.1) is 0 Å². The van der Waals surface area contributed by atoms with Crippen molar-refractivity contribution < 1.29 is 24.0 Å². The predicted molar refractivity (Wildman–Crippen MR) is 179 cm³/mol. The fourth-order valence-electron chi connectivity index (χ4n) is 5.02. The largest absolute Gasteiger partial charge is 0.448 e. The number of oxime groups is 1. The van der Waals surface area contributed by atoms with Gasteiger partial charge in [0.25, 0.3) is 11.8 Å². The number of carbonyl (C=O) groups is 3. The van der Waals surface area contributed by atoms with E-state index in [2.05, 4.69) is 24.8 Å². The Bertz CT molecular complexity index is 1810. The number of β-lactam (4-membered cyclic amide) rings is 1. The molecule has 2 aromatic heterocycles. The first-order chi connectivity index (χ1) is 22.9. The molecule has 47 heavy (non-hydrogen) atoms. The minimum Gasteiger partial charge on any atom is -0.448 e. The quantitative estimate of drug-likeness (QED) is 0.104. The van der Waals surface area contributed by atoms with E-state index in [1.54, 1.807) is 25.3 Å². The van der Waals surface area contributed by atoms with Crippen molar-refractivity contribution in [2.45, 2.75) is 24.4 Å². The summed E-state index contributed by atoms with van der Waals surface area (Å²) in [5.41, 5.74) is 8.42. The number of pyridine rings is 1. The average molecular weight is 668 g/mol. The van der Waals surface area contributed by atoms with Gasteiger partial charge in [-0.15, -0.1) is 11.8 Å². The first-order valence-electron chi connectivity index (χ1n) is 14.6. The molecule has 2 aromatic carbocycles. The number of aromatic nitrogens is 3. The molecule has 4 aromatic rings. The van der Waals surface area contributed by atoms with E-state index in [0.29, 0.717) is 17.0 Å². The highest BCUT2D eigenvalue weighted by Gasteiger charge is 2.54. The van der Waals surface area contributed by atoms with Crippen molar-refractivity contribution in [1.29, 1.82) is 0 Å².